The number of fused-ring (bicyclic) bond motifs is 2. The Balaban J connectivity index is 1.49. The van der Waals surface area contributed by atoms with Crippen LogP contribution in [-0.2, 0) is 7.05 Å². The second-order valence-electron chi connectivity index (χ2n) is 8.03. The second-order valence-corrected chi connectivity index (χ2v) is 8.03. The van der Waals surface area contributed by atoms with Crippen LogP contribution in [-0.4, -0.2) is 30.8 Å². The van der Waals surface area contributed by atoms with Crippen LogP contribution in [0.3, 0.4) is 0 Å². The molecule has 2 atom stereocenters. The number of nitrogens with one attached hydrogen (secondary N) is 1. The SMILES string of the molecule is CC(C)c1c2cc(-c3ccnc(NC4[C@@H]5CC[C@@H]4C5)n3)cnc2nn1C. The summed E-state index contributed by atoms with van der Waals surface area (Å²) in [7, 11) is 1.98. The Labute approximate surface area is 153 Å². The van der Waals surface area contributed by atoms with Gasteiger partial charge in [-0.3, -0.25) is 4.68 Å². The molecule has 3 saturated carbocycles. The molecule has 2 bridgehead atoms. The van der Waals surface area contributed by atoms with Crippen molar-refractivity contribution in [3.8, 4) is 11.3 Å². The van der Waals surface area contributed by atoms with Gasteiger partial charge in [-0.15, -0.1) is 0 Å². The first kappa shape index (κ1) is 15.7. The Morgan fingerprint density at radius 1 is 1.19 bits per heavy atom. The molecule has 0 spiro atoms. The number of nitrogens with zero attached hydrogens (tertiary/aromatic N) is 5. The summed E-state index contributed by atoms with van der Waals surface area (Å²) < 4.78 is 1.94. The maximum Gasteiger partial charge on any atom is 0.223 e. The van der Waals surface area contributed by atoms with E-state index >= 15 is 0 Å². The fourth-order valence-corrected chi connectivity index (χ4v) is 4.79. The van der Waals surface area contributed by atoms with Crippen LogP contribution in [0.1, 0.15) is 44.7 Å². The standard InChI is InChI=1S/C20H24N6/c1-11(2)18-15-9-14(10-22-19(15)25-26(18)3)16-6-7-21-20(23-16)24-17-12-4-5-13(17)8-12/h6-7,9-13,17H,4-5,8H2,1-3H3,(H,21,23,24)/t12-,13-/m1/s1. The highest BCUT2D eigenvalue weighted by atomic mass is 15.3. The topological polar surface area (TPSA) is 68.5 Å². The van der Waals surface area contributed by atoms with Crippen LogP contribution in [0.25, 0.3) is 22.3 Å². The zero-order valence-corrected chi connectivity index (χ0v) is 15.5. The summed E-state index contributed by atoms with van der Waals surface area (Å²) in [5, 5.41) is 9.19. The summed E-state index contributed by atoms with van der Waals surface area (Å²) in [6.45, 7) is 4.37. The summed E-state index contributed by atoms with van der Waals surface area (Å²) in [5.74, 6) is 2.75. The van der Waals surface area contributed by atoms with Gasteiger partial charge in [-0.05, 0) is 49.1 Å². The van der Waals surface area contributed by atoms with Crippen LogP contribution >= 0.6 is 0 Å². The predicted octanol–water partition coefficient (Wildman–Crippen LogP) is 3.76. The summed E-state index contributed by atoms with van der Waals surface area (Å²) in [6, 6.07) is 4.68. The highest BCUT2D eigenvalue weighted by Gasteiger charge is 2.46. The van der Waals surface area contributed by atoms with Crippen molar-refractivity contribution in [2.75, 3.05) is 5.32 Å². The van der Waals surface area contributed by atoms with Gasteiger partial charge >= 0.3 is 0 Å². The highest BCUT2D eigenvalue weighted by Crippen LogP contribution is 2.49. The monoisotopic (exact) mass is 348 g/mol. The van der Waals surface area contributed by atoms with Crippen molar-refractivity contribution in [2.24, 2.45) is 18.9 Å². The van der Waals surface area contributed by atoms with Crippen molar-refractivity contribution >= 4 is 17.0 Å². The van der Waals surface area contributed by atoms with Crippen molar-refractivity contribution < 1.29 is 0 Å². The van der Waals surface area contributed by atoms with Gasteiger partial charge < -0.3 is 5.32 Å². The molecular formula is C20H24N6. The van der Waals surface area contributed by atoms with E-state index in [2.05, 4.69) is 40.3 Å². The molecule has 3 aromatic rings. The summed E-state index contributed by atoms with van der Waals surface area (Å²) in [4.78, 5) is 13.8. The molecular weight excluding hydrogens is 324 g/mol. The average Bonchev–Trinajstić information content (AvgIpc) is 3.32. The van der Waals surface area contributed by atoms with Crippen LogP contribution in [0, 0.1) is 11.8 Å². The molecule has 6 heteroatoms. The molecule has 3 aromatic heterocycles. The van der Waals surface area contributed by atoms with Gasteiger partial charge in [-0.1, -0.05) is 13.8 Å². The van der Waals surface area contributed by atoms with E-state index in [1.54, 1.807) is 0 Å². The van der Waals surface area contributed by atoms with Crippen molar-refractivity contribution in [1.29, 1.82) is 0 Å². The Hall–Kier alpha value is -2.50. The quantitative estimate of drug-likeness (QED) is 0.777. The smallest absolute Gasteiger partial charge is 0.223 e. The van der Waals surface area contributed by atoms with E-state index in [9.17, 15) is 0 Å². The summed E-state index contributed by atoms with van der Waals surface area (Å²) >= 11 is 0. The lowest BCUT2D eigenvalue weighted by Crippen LogP contribution is -2.41. The van der Waals surface area contributed by atoms with E-state index in [4.69, 9.17) is 4.98 Å². The average molecular weight is 348 g/mol. The first-order chi connectivity index (χ1) is 12.6. The third-order valence-electron chi connectivity index (χ3n) is 6.06. The van der Waals surface area contributed by atoms with Crippen molar-refractivity contribution in [2.45, 2.75) is 45.1 Å². The minimum atomic E-state index is 0.388. The molecule has 0 radical (unpaired) electrons. The van der Waals surface area contributed by atoms with Crippen molar-refractivity contribution in [3.63, 3.8) is 0 Å². The number of rotatable bonds is 4. The molecule has 0 saturated heterocycles. The molecule has 3 heterocycles. The first-order valence-electron chi connectivity index (χ1n) is 9.52. The van der Waals surface area contributed by atoms with Gasteiger partial charge in [0.1, 0.15) is 0 Å². The minimum absolute atomic E-state index is 0.388. The first-order valence-corrected chi connectivity index (χ1v) is 9.52. The Bertz CT molecular complexity index is 962. The van der Waals surface area contributed by atoms with Gasteiger partial charge in [0.15, 0.2) is 5.65 Å². The predicted molar refractivity (Wildman–Crippen MR) is 102 cm³/mol. The zero-order valence-electron chi connectivity index (χ0n) is 15.5. The van der Waals surface area contributed by atoms with Gasteiger partial charge in [-0.2, -0.15) is 5.10 Å². The van der Waals surface area contributed by atoms with Gasteiger partial charge in [0.25, 0.3) is 0 Å². The van der Waals surface area contributed by atoms with E-state index in [1.165, 1.54) is 25.0 Å². The van der Waals surface area contributed by atoms with Gasteiger partial charge in [0.2, 0.25) is 5.95 Å². The Morgan fingerprint density at radius 2 is 2.00 bits per heavy atom. The molecule has 134 valence electrons. The van der Waals surface area contributed by atoms with E-state index < -0.39 is 0 Å². The molecule has 3 fully saturated rings. The fourth-order valence-electron chi connectivity index (χ4n) is 4.79. The van der Waals surface area contributed by atoms with E-state index in [-0.39, 0.29) is 0 Å². The molecule has 6 rings (SSSR count). The lowest BCUT2D eigenvalue weighted by Gasteiger charge is -2.36. The molecule has 0 unspecified atom stereocenters. The van der Waals surface area contributed by atoms with Gasteiger partial charge in [0, 0.05) is 36.4 Å². The minimum Gasteiger partial charge on any atom is -0.351 e. The third kappa shape index (κ3) is 2.39. The van der Waals surface area contributed by atoms with E-state index in [1.807, 2.05) is 30.2 Å². The molecule has 0 aromatic carbocycles. The zero-order chi connectivity index (χ0) is 17.8. The van der Waals surface area contributed by atoms with Crippen molar-refractivity contribution in [3.05, 3.63) is 30.2 Å². The molecule has 3 aliphatic carbocycles. The summed E-state index contributed by atoms with van der Waals surface area (Å²) in [6.07, 6.45) is 7.76. The Kier molecular flexibility index (Phi) is 3.48. The van der Waals surface area contributed by atoms with Gasteiger partial charge in [-0.25, -0.2) is 15.0 Å². The number of pyridine rings is 1. The third-order valence-corrected chi connectivity index (χ3v) is 6.06. The van der Waals surface area contributed by atoms with Crippen LogP contribution < -0.4 is 5.32 Å². The molecule has 0 amide bonds. The second kappa shape index (κ2) is 5.76. The number of aryl methyl sites for hydroxylation is 1. The largest absolute Gasteiger partial charge is 0.351 e. The van der Waals surface area contributed by atoms with Crippen LogP contribution in [0.2, 0.25) is 0 Å². The van der Waals surface area contributed by atoms with Crippen molar-refractivity contribution in [1.82, 2.24) is 24.7 Å². The molecule has 0 aliphatic heterocycles. The normalized spacial score (nSPS) is 24.2. The number of aromatic nitrogens is 5. The number of hydrogen-bond donors (Lipinski definition) is 1. The molecule has 6 nitrogen and oxygen atoms in total. The summed E-state index contributed by atoms with van der Waals surface area (Å²) in [5.41, 5.74) is 3.91. The number of anilines is 1. The Morgan fingerprint density at radius 3 is 2.73 bits per heavy atom. The van der Waals surface area contributed by atoms with E-state index in [0.717, 1.165) is 40.1 Å². The number of hydrogen-bond acceptors (Lipinski definition) is 5. The van der Waals surface area contributed by atoms with Gasteiger partial charge in [0.05, 0.1) is 11.4 Å². The molecule has 26 heavy (non-hydrogen) atoms. The van der Waals surface area contributed by atoms with E-state index in [0.29, 0.717) is 12.0 Å². The van der Waals surface area contributed by atoms with Crippen LogP contribution in [0.4, 0.5) is 5.95 Å². The maximum atomic E-state index is 4.76. The maximum absolute atomic E-state index is 4.76. The lowest BCUT2D eigenvalue weighted by atomic mass is 9.78. The highest BCUT2D eigenvalue weighted by molar-refractivity contribution is 5.83. The fraction of sp³-hybridized carbons (Fsp3) is 0.500. The molecule has 1 N–H and O–H groups in total. The van der Waals surface area contributed by atoms with Crippen LogP contribution in [0.5, 0.6) is 0 Å². The van der Waals surface area contributed by atoms with Crippen LogP contribution in [0.15, 0.2) is 24.5 Å². The molecule has 3 aliphatic rings. The lowest BCUT2D eigenvalue weighted by molar-refractivity contribution is 0.261.